The van der Waals surface area contributed by atoms with Gasteiger partial charge in [0.05, 0.1) is 18.0 Å². The second-order valence-electron chi connectivity index (χ2n) is 6.15. The average molecular weight is 395 g/mol. The van der Waals surface area contributed by atoms with Crippen LogP contribution in [0.3, 0.4) is 0 Å². The van der Waals surface area contributed by atoms with Crippen molar-refractivity contribution < 1.29 is 19.4 Å². The third-order valence-corrected chi connectivity index (χ3v) is 5.43. The van der Waals surface area contributed by atoms with E-state index < -0.39 is 5.97 Å². The van der Waals surface area contributed by atoms with Crippen LogP contribution in [0.5, 0.6) is 5.75 Å². The predicted molar refractivity (Wildman–Crippen MR) is 98.5 cm³/mol. The lowest BCUT2D eigenvalue weighted by Gasteiger charge is -2.30. The number of rotatable bonds is 6. The normalized spacial score (nSPS) is 15.0. The number of carboxylic acid groups (broad SMARTS) is 1. The molecule has 0 aliphatic carbocycles. The summed E-state index contributed by atoms with van der Waals surface area (Å²) in [6, 6.07) is 7.11. The molecule has 0 saturated carbocycles. The van der Waals surface area contributed by atoms with Gasteiger partial charge in [0.15, 0.2) is 0 Å². The first kappa shape index (κ1) is 18.7. The first-order valence-electron chi connectivity index (χ1n) is 8.33. The van der Waals surface area contributed by atoms with E-state index in [1.165, 1.54) is 11.3 Å². The first-order chi connectivity index (χ1) is 12.5. The molecule has 8 heteroatoms. The number of aromatic nitrogens is 1. The standard InChI is InChI=1S/C18H19ClN2O4S/c19-13-1-3-15(4-2-13)25-10-16-20-14(11-26-16)9-17(22)21-7-5-12(6-8-21)18(23)24/h1-4,11-12H,5-10H2,(H,23,24). The van der Waals surface area contributed by atoms with Gasteiger partial charge >= 0.3 is 5.97 Å². The Morgan fingerprint density at radius 3 is 2.62 bits per heavy atom. The van der Waals surface area contributed by atoms with Crippen LogP contribution < -0.4 is 4.74 Å². The van der Waals surface area contributed by atoms with Crippen LogP contribution >= 0.6 is 22.9 Å². The average Bonchev–Trinajstić information content (AvgIpc) is 3.08. The summed E-state index contributed by atoms with van der Waals surface area (Å²) in [5, 5.41) is 12.3. The highest BCUT2D eigenvalue weighted by Crippen LogP contribution is 2.20. The van der Waals surface area contributed by atoms with E-state index in [4.69, 9.17) is 21.4 Å². The maximum absolute atomic E-state index is 12.4. The number of ether oxygens (including phenoxy) is 1. The third-order valence-electron chi connectivity index (χ3n) is 4.30. The van der Waals surface area contributed by atoms with Crippen molar-refractivity contribution in [2.45, 2.75) is 25.9 Å². The van der Waals surface area contributed by atoms with Gasteiger partial charge in [-0.1, -0.05) is 11.6 Å². The Balaban J connectivity index is 1.48. The molecular weight excluding hydrogens is 376 g/mol. The van der Waals surface area contributed by atoms with Crippen LogP contribution in [-0.4, -0.2) is 40.0 Å². The van der Waals surface area contributed by atoms with Crippen molar-refractivity contribution in [1.29, 1.82) is 0 Å². The Morgan fingerprint density at radius 1 is 1.27 bits per heavy atom. The summed E-state index contributed by atoms with van der Waals surface area (Å²) in [5.41, 5.74) is 0.718. The summed E-state index contributed by atoms with van der Waals surface area (Å²) in [5.74, 6) is -0.412. The molecule has 1 aromatic carbocycles. The number of thiazole rings is 1. The molecule has 3 rings (SSSR count). The van der Waals surface area contributed by atoms with Crippen molar-refractivity contribution in [2.24, 2.45) is 5.92 Å². The van der Waals surface area contributed by atoms with Crippen LogP contribution in [0.25, 0.3) is 0 Å². The molecular formula is C18H19ClN2O4S. The van der Waals surface area contributed by atoms with E-state index in [0.717, 1.165) is 10.7 Å². The molecule has 1 N–H and O–H groups in total. The maximum atomic E-state index is 12.4. The minimum absolute atomic E-state index is 0.00990. The summed E-state index contributed by atoms with van der Waals surface area (Å²) in [7, 11) is 0. The predicted octanol–water partition coefficient (Wildman–Crippen LogP) is 3.24. The molecule has 1 aliphatic heterocycles. The molecule has 26 heavy (non-hydrogen) atoms. The number of carbonyl (C=O) groups excluding carboxylic acids is 1. The van der Waals surface area contributed by atoms with E-state index in [1.54, 1.807) is 29.2 Å². The van der Waals surface area contributed by atoms with Gasteiger partial charge in [0.1, 0.15) is 17.4 Å². The molecule has 2 aromatic rings. The fourth-order valence-corrected chi connectivity index (χ4v) is 3.65. The van der Waals surface area contributed by atoms with E-state index in [9.17, 15) is 9.59 Å². The van der Waals surface area contributed by atoms with E-state index in [0.29, 0.717) is 43.3 Å². The second kappa shape index (κ2) is 8.51. The molecule has 1 fully saturated rings. The molecule has 0 atom stereocenters. The molecule has 1 saturated heterocycles. The van der Waals surface area contributed by atoms with E-state index in [2.05, 4.69) is 4.98 Å². The fourth-order valence-electron chi connectivity index (χ4n) is 2.81. The number of hydrogen-bond donors (Lipinski definition) is 1. The Kier molecular flexibility index (Phi) is 6.11. The summed E-state index contributed by atoms with van der Waals surface area (Å²) in [4.78, 5) is 29.5. The van der Waals surface area contributed by atoms with Gasteiger partial charge < -0.3 is 14.7 Å². The number of carbonyl (C=O) groups is 2. The smallest absolute Gasteiger partial charge is 0.306 e. The number of carboxylic acids is 1. The lowest BCUT2D eigenvalue weighted by atomic mass is 9.97. The van der Waals surface area contributed by atoms with Gasteiger partial charge in [-0.2, -0.15) is 0 Å². The zero-order valence-electron chi connectivity index (χ0n) is 14.1. The van der Waals surface area contributed by atoms with Crippen LogP contribution in [0.15, 0.2) is 29.6 Å². The van der Waals surface area contributed by atoms with Crippen LogP contribution in [0.2, 0.25) is 5.02 Å². The Morgan fingerprint density at radius 2 is 1.96 bits per heavy atom. The number of piperidine rings is 1. The van der Waals surface area contributed by atoms with Crippen LogP contribution in [0.1, 0.15) is 23.5 Å². The molecule has 1 amide bonds. The number of likely N-dealkylation sites (tertiary alicyclic amines) is 1. The number of benzene rings is 1. The minimum atomic E-state index is -0.776. The molecule has 2 heterocycles. The molecule has 0 bridgehead atoms. The topological polar surface area (TPSA) is 79.7 Å². The quantitative estimate of drug-likeness (QED) is 0.813. The zero-order valence-corrected chi connectivity index (χ0v) is 15.6. The SMILES string of the molecule is O=C(O)C1CCN(C(=O)Cc2csc(COc3ccc(Cl)cc3)n2)CC1. The minimum Gasteiger partial charge on any atom is -0.486 e. The van der Waals surface area contributed by atoms with Gasteiger partial charge in [0, 0.05) is 23.5 Å². The molecule has 6 nitrogen and oxygen atoms in total. The summed E-state index contributed by atoms with van der Waals surface area (Å²) in [6.45, 7) is 1.32. The summed E-state index contributed by atoms with van der Waals surface area (Å²) >= 11 is 7.29. The number of hydrogen-bond acceptors (Lipinski definition) is 5. The third kappa shape index (κ3) is 4.95. The zero-order chi connectivity index (χ0) is 18.5. The highest BCUT2D eigenvalue weighted by atomic mass is 35.5. The van der Waals surface area contributed by atoms with Crippen LogP contribution in [0.4, 0.5) is 0 Å². The van der Waals surface area contributed by atoms with Gasteiger partial charge in [-0.25, -0.2) is 4.98 Å². The van der Waals surface area contributed by atoms with Crippen molar-refractivity contribution in [3.8, 4) is 5.75 Å². The molecule has 0 spiro atoms. The Labute approximate surface area is 160 Å². The lowest BCUT2D eigenvalue weighted by molar-refractivity contribution is -0.145. The number of halogens is 1. The Hall–Kier alpha value is -2.12. The van der Waals surface area contributed by atoms with Crippen molar-refractivity contribution in [1.82, 2.24) is 9.88 Å². The Bertz CT molecular complexity index is 770. The van der Waals surface area contributed by atoms with Crippen LogP contribution in [-0.2, 0) is 22.6 Å². The lowest BCUT2D eigenvalue weighted by Crippen LogP contribution is -2.41. The van der Waals surface area contributed by atoms with E-state index in [1.807, 2.05) is 5.38 Å². The van der Waals surface area contributed by atoms with Gasteiger partial charge in [0.2, 0.25) is 5.91 Å². The summed E-state index contributed by atoms with van der Waals surface area (Å²) in [6.07, 6.45) is 1.26. The number of amides is 1. The monoisotopic (exact) mass is 394 g/mol. The van der Waals surface area contributed by atoms with Crippen molar-refractivity contribution in [3.63, 3.8) is 0 Å². The van der Waals surface area contributed by atoms with Gasteiger partial charge in [-0.3, -0.25) is 9.59 Å². The number of nitrogens with zero attached hydrogens (tertiary/aromatic N) is 2. The highest BCUT2D eigenvalue weighted by molar-refractivity contribution is 7.09. The largest absolute Gasteiger partial charge is 0.486 e. The maximum Gasteiger partial charge on any atom is 0.306 e. The van der Waals surface area contributed by atoms with E-state index >= 15 is 0 Å². The number of aliphatic carboxylic acids is 1. The molecule has 1 aliphatic rings. The molecule has 1 aromatic heterocycles. The van der Waals surface area contributed by atoms with Gasteiger partial charge in [-0.05, 0) is 37.1 Å². The van der Waals surface area contributed by atoms with Crippen LogP contribution in [0, 0.1) is 5.92 Å². The second-order valence-corrected chi connectivity index (χ2v) is 7.52. The van der Waals surface area contributed by atoms with Gasteiger partial charge in [0.25, 0.3) is 0 Å². The summed E-state index contributed by atoms with van der Waals surface area (Å²) < 4.78 is 5.65. The van der Waals surface area contributed by atoms with Crippen molar-refractivity contribution >= 4 is 34.8 Å². The van der Waals surface area contributed by atoms with E-state index in [-0.39, 0.29) is 18.2 Å². The highest BCUT2D eigenvalue weighted by Gasteiger charge is 2.27. The molecule has 0 unspecified atom stereocenters. The fraction of sp³-hybridized carbons (Fsp3) is 0.389. The van der Waals surface area contributed by atoms with Gasteiger partial charge in [-0.15, -0.1) is 11.3 Å². The first-order valence-corrected chi connectivity index (χ1v) is 9.59. The molecule has 138 valence electrons. The van der Waals surface area contributed by atoms with Crippen molar-refractivity contribution in [3.05, 3.63) is 45.4 Å². The molecule has 0 radical (unpaired) electrons. The van der Waals surface area contributed by atoms with Crippen molar-refractivity contribution in [2.75, 3.05) is 13.1 Å².